The van der Waals surface area contributed by atoms with Gasteiger partial charge in [0.05, 0.1) is 16.8 Å². The maximum atomic E-state index is 12.7. The zero-order chi connectivity index (χ0) is 17.1. The van der Waals surface area contributed by atoms with Gasteiger partial charge in [-0.3, -0.25) is 14.3 Å². The Morgan fingerprint density at radius 2 is 1.92 bits per heavy atom. The normalized spacial score (nSPS) is 15.4. The molecule has 1 fully saturated rings. The van der Waals surface area contributed by atoms with Crippen molar-refractivity contribution in [2.45, 2.75) is 19.9 Å². The third-order valence-electron chi connectivity index (χ3n) is 4.08. The number of hydrogen-bond acceptors (Lipinski definition) is 4. The van der Waals surface area contributed by atoms with E-state index in [1.807, 2.05) is 6.92 Å². The van der Waals surface area contributed by atoms with E-state index < -0.39 is 0 Å². The van der Waals surface area contributed by atoms with E-state index in [0.29, 0.717) is 49.7 Å². The molecular formula is C16H19ClN4O3. The molecule has 0 aliphatic carbocycles. The second-order valence-electron chi connectivity index (χ2n) is 5.63. The number of aryl methyl sites for hydroxylation is 1. The van der Waals surface area contributed by atoms with Crippen LogP contribution in [0.4, 0.5) is 0 Å². The van der Waals surface area contributed by atoms with Crippen LogP contribution in [0.3, 0.4) is 0 Å². The summed E-state index contributed by atoms with van der Waals surface area (Å²) in [6.07, 6.45) is 5.28. The summed E-state index contributed by atoms with van der Waals surface area (Å²) in [5, 5.41) is 4.59. The van der Waals surface area contributed by atoms with Crippen molar-refractivity contribution in [3.63, 3.8) is 0 Å². The van der Waals surface area contributed by atoms with E-state index in [9.17, 15) is 9.59 Å². The third kappa shape index (κ3) is 3.31. The van der Waals surface area contributed by atoms with Crippen LogP contribution in [0, 0.1) is 0 Å². The molecule has 8 heteroatoms. The first-order valence-electron chi connectivity index (χ1n) is 7.94. The van der Waals surface area contributed by atoms with E-state index >= 15 is 0 Å². The molecule has 0 spiro atoms. The Hall–Kier alpha value is -2.28. The molecule has 0 unspecified atom stereocenters. The maximum Gasteiger partial charge on any atom is 0.275 e. The molecule has 0 radical (unpaired) electrons. The lowest BCUT2D eigenvalue weighted by molar-refractivity contribution is 0.0715. The molecule has 0 saturated carbocycles. The zero-order valence-corrected chi connectivity index (χ0v) is 14.2. The molecular weight excluding hydrogens is 332 g/mol. The summed E-state index contributed by atoms with van der Waals surface area (Å²) in [5.74, 6) is -0.267. The van der Waals surface area contributed by atoms with Crippen LogP contribution in [0.2, 0.25) is 5.02 Å². The van der Waals surface area contributed by atoms with Crippen LogP contribution in [-0.2, 0) is 6.54 Å². The monoisotopic (exact) mass is 350 g/mol. The summed E-state index contributed by atoms with van der Waals surface area (Å²) in [4.78, 5) is 28.5. The van der Waals surface area contributed by atoms with Crippen molar-refractivity contribution in [2.24, 2.45) is 0 Å². The van der Waals surface area contributed by atoms with Crippen molar-refractivity contribution in [1.29, 1.82) is 0 Å². The van der Waals surface area contributed by atoms with Gasteiger partial charge in [-0.1, -0.05) is 11.6 Å². The van der Waals surface area contributed by atoms with Crippen LogP contribution in [0.15, 0.2) is 29.2 Å². The minimum atomic E-state index is -0.190. The number of hydrogen-bond donors (Lipinski definition) is 0. The lowest BCUT2D eigenvalue weighted by atomic mass is 10.3. The van der Waals surface area contributed by atoms with Crippen molar-refractivity contribution in [3.8, 4) is 0 Å². The number of halogens is 1. The third-order valence-corrected chi connectivity index (χ3v) is 4.36. The first-order chi connectivity index (χ1) is 11.6. The average Bonchev–Trinajstić information content (AvgIpc) is 3.17. The predicted octanol–water partition coefficient (Wildman–Crippen LogP) is 2.14. The van der Waals surface area contributed by atoms with Gasteiger partial charge in [-0.05, 0) is 19.4 Å². The molecule has 3 rings (SSSR count). The highest BCUT2D eigenvalue weighted by atomic mass is 35.5. The van der Waals surface area contributed by atoms with Gasteiger partial charge in [0.1, 0.15) is 6.26 Å². The highest BCUT2D eigenvalue weighted by Gasteiger charge is 2.26. The molecule has 3 heterocycles. The van der Waals surface area contributed by atoms with E-state index in [-0.39, 0.29) is 17.5 Å². The molecule has 7 nitrogen and oxygen atoms in total. The lowest BCUT2D eigenvalue weighted by Gasteiger charge is -2.21. The van der Waals surface area contributed by atoms with Crippen molar-refractivity contribution in [3.05, 3.63) is 41.1 Å². The molecule has 24 heavy (non-hydrogen) atoms. The predicted molar refractivity (Wildman–Crippen MR) is 88.0 cm³/mol. The highest BCUT2D eigenvalue weighted by molar-refractivity contribution is 6.33. The molecule has 0 bridgehead atoms. The quantitative estimate of drug-likeness (QED) is 0.850. The Morgan fingerprint density at radius 3 is 2.50 bits per heavy atom. The standard InChI is InChI=1S/C16H19ClN4O3/c1-2-21-10-13(17)14(18-21)16(23)20-6-3-5-19(7-8-20)15(22)12-4-9-24-11-12/h4,9-11H,2-3,5-8H2,1H3. The maximum absolute atomic E-state index is 12.7. The van der Waals surface area contributed by atoms with Crippen molar-refractivity contribution >= 4 is 23.4 Å². The Labute approximate surface area is 144 Å². The zero-order valence-electron chi connectivity index (χ0n) is 13.4. The molecule has 0 aromatic carbocycles. The van der Waals surface area contributed by atoms with Gasteiger partial charge in [0, 0.05) is 38.9 Å². The molecule has 1 aliphatic heterocycles. The fraction of sp³-hybridized carbons (Fsp3) is 0.438. The van der Waals surface area contributed by atoms with E-state index in [1.54, 1.807) is 26.7 Å². The Balaban J connectivity index is 1.67. The van der Waals surface area contributed by atoms with Gasteiger partial charge in [0.25, 0.3) is 11.8 Å². The average molecular weight is 351 g/mol. The van der Waals surface area contributed by atoms with Gasteiger partial charge < -0.3 is 14.2 Å². The van der Waals surface area contributed by atoms with E-state index in [0.717, 1.165) is 0 Å². The smallest absolute Gasteiger partial charge is 0.275 e. The number of carbonyl (C=O) groups is 2. The fourth-order valence-electron chi connectivity index (χ4n) is 2.75. The second-order valence-corrected chi connectivity index (χ2v) is 6.04. The SMILES string of the molecule is CCn1cc(Cl)c(C(=O)N2CCCN(C(=O)c3ccoc3)CC2)n1. The molecule has 2 aromatic rings. The van der Waals surface area contributed by atoms with E-state index in [2.05, 4.69) is 5.10 Å². The van der Waals surface area contributed by atoms with Crippen molar-refractivity contribution < 1.29 is 14.0 Å². The molecule has 1 aliphatic rings. The number of furan rings is 1. The molecule has 128 valence electrons. The van der Waals surface area contributed by atoms with Gasteiger partial charge in [-0.2, -0.15) is 5.10 Å². The van der Waals surface area contributed by atoms with Crippen LogP contribution < -0.4 is 0 Å². The van der Waals surface area contributed by atoms with E-state index in [1.165, 1.54) is 12.5 Å². The number of amides is 2. The Morgan fingerprint density at radius 1 is 1.21 bits per heavy atom. The fourth-order valence-corrected chi connectivity index (χ4v) is 2.98. The molecule has 2 aromatic heterocycles. The second kappa shape index (κ2) is 7.09. The Bertz CT molecular complexity index is 726. The number of carbonyl (C=O) groups excluding carboxylic acids is 2. The van der Waals surface area contributed by atoms with Crippen LogP contribution in [-0.4, -0.2) is 57.6 Å². The minimum Gasteiger partial charge on any atom is -0.472 e. The van der Waals surface area contributed by atoms with Crippen LogP contribution in [0.1, 0.15) is 34.2 Å². The van der Waals surface area contributed by atoms with Crippen molar-refractivity contribution in [2.75, 3.05) is 26.2 Å². The number of nitrogens with zero attached hydrogens (tertiary/aromatic N) is 4. The minimum absolute atomic E-state index is 0.0775. The van der Waals surface area contributed by atoms with Crippen molar-refractivity contribution in [1.82, 2.24) is 19.6 Å². The van der Waals surface area contributed by atoms with Gasteiger partial charge in [0.2, 0.25) is 0 Å². The first-order valence-corrected chi connectivity index (χ1v) is 8.31. The summed E-state index contributed by atoms with van der Waals surface area (Å²) in [7, 11) is 0. The van der Waals surface area contributed by atoms with E-state index in [4.69, 9.17) is 16.0 Å². The lowest BCUT2D eigenvalue weighted by Crippen LogP contribution is -2.37. The van der Waals surface area contributed by atoms with Gasteiger partial charge in [0.15, 0.2) is 5.69 Å². The summed E-state index contributed by atoms with van der Waals surface area (Å²) < 4.78 is 6.60. The number of rotatable bonds is 3. The first kappa shape index (κ1) is 16.6. The van der Waals surface area contributed by atoms with Crippen LogP contribution >= 0.6 is 11.6 Å². The van der Waals surface area contributed by atoms with Crippen LogP contribution in [0.25, 0.3) is 0 Å². The largest absolute Gasteiger partial charge is 0.472 e. The van der Waals surface area contributed by atoms with Crippen LogP contribution in [0.5, 0.6) is 0 Å². The number of aromatic nitrogens is 2. The van der Waals surface area contributed by atoms with Gasteiger partial charge >= 0.3 is 0 Å². The molecule has 0 N–H and O–H groups in total. The highest BCUT2D eigenvalue weighted by Crippen LogP contribution is 2.18. The summed E-state index contributed by atoms with van der Waals surface area (Å²) >= 11 is 6.12. The molecule has 2 amide bonds. The van der Waals surface area contributed by atoms with Gasteiger partial charge in [-0.25, -0.2) is 0 Å². The molecule has 0 atom stereocenters. The Kier molecular flexibility index (Phi) is 4.89. The van der Waals surface area contributed by atoms with Gasteiger partial charge in [-0.15, -0.1) is 0 Å². The molecule has 1 saturated heterocycles. The summed E-state index contributed by atoms with van der Waals surface area (Å²) in [5.41, 5.74) is 0.799. The summed E-state index contributed by atoms with van der Waals surface area (Å²) in [6.45, 7) is 4.69. The summed E-state index contributed by atoms with van der Waals surface area (Å²) in [6, 6.07) is 1.65. The topological polar surface area (TPSA) is 71.6 Å².